The highest BCUT2D eigenvalue weighted by Gasteiger charge is 2.08. The molecule has 1 N–H and O–H groups in total. The van der Waals surface area contributed by atoms with Gasteiger partial charge in [0.1, 0.15) is 0 Å². The average Bonchev–Trinajstić information content (AvgIpc) is 2.97. The number of aromatic nitrogens is 2. The van der Waals surface area contributed by atoms with E-state index in [1.807, 2.05) is 17.9 Å². The Hall–Kier alpha value is -1.84. The molecular weight excluding hydrogens is 294 g/mol. The molecule has 0 radical (unpaired) electrons. The lowest BCUT2D eigenvalue weighted by Crippen LogP contribution is -2.05. The Balaban J connectivity index is 0.00000176. The average molecular weight is 316 g/mol. The maximum atomic E-state index is 4.45. The summed E-state index contributed by atoms with van der Waals surface area (Å²) in [6.45, 7) is 4.02. The molecule has 2 aromatic carbocycles. The molecule has 0 fully saturated rings. The topological polar surface area (TPSA) is 29.9 Å². The molecule has 0 saturated heterocycles. The number of benzene rings is 2. The van der Waals surface area contributed by atoms with Crippen LogP contribution in [0.1, 0.15) is 18.9 Å². The Bertz CT molecular complexity index is 749. The van der Waals surface area contributed by atoms with Gasteiger partial charge in [0, 0.05) is 24.8 Å². The number of rotatable bonds is 5. The maximum Gasteiger partial charge on any atom is 0.0568 e. The van der Waals surface area contributed by atoms with Crippen molar-refractivity contribution in [2.24, 2.45) is 0 Å². The minimum Gasteiger partial charge on any atom is -0.316 e. The van der Waals surface area contributed by atoms with E-state index in [2.05, 4.69) is 59.9 Å². The van der Waals surface area contributed by atoms with Gasteiger partial charge < -0.3 is 5.32 Å². The SMILES string of the molecule is CCCn1cc(-c2ccc(CNC)c3ccccc23)cn1.Cl. The number of hydrogen-bond donors (Lipinski definition) is 1. The molecule has 1 heterocycles. The predicted octanol–water partition coefficient (Wildman–Crippen LogP) is 4.25. The summed E-state index contributed by atoms with van der Waals surface area (Å²) in [6, 6.07) is 13.0. The third-order valence-electron chi connectivity index (χ3n) is 3.78. The lowest BCUT2D eigenvalue weighted by molar-refractivity contribution is 0.603. The van der Waals surface area contributed by atoms with Crippen molar-refractivity contribution in [3.05, 3.63) is 54.4 Å². The van der Waals surface area contributed by atoms with E-state index in [1.54, 1.807) is 0 Å². The third kappa shape index (κ3) is 3.16. The molecule has 4 heteroatoms. The van der Waals surface area contributed by atoms with Gasteiger partial charge >= 0.3 is 0 Å². The molecule has 0 unspecified atom stereocenters. The zero-order valence-electron chi connectivity index (χ0n) is 13.0. The zero-order valence-corrected chi connectivity index (χ0v) is 13.9. The van der Waals surface area contributed by atoms with Gasteiger partial charge in [-0.25, -0.2) is 0 Å². The van der Waals surface area contributed by atoms with Crippen LogP contribution < -0.4 is 5.32 Å². The minimum atomic E-state index is 0. The first-order valence-electron chi connectivity index (χ1n) is 7.51. The van der Waals surface area contributed by atoms with Crippen molar-refractivity contribution in [2.75, 3.05) is 7.05 Å². The number of hydrogen-bond acceptors (Lipinski definition) is 2. The van der Waals surface area contributed by atoms with Gasteiger partial charge in [0.25, 0.3) is 0 Å². The number of nitrogens with one attached hydrogen (secondary N) is 1. The highest BCUT2D eigenvalue weighted by atomic mass is 35.5. The largest absolute Gasteiger partial charge is 0.316 e. The fourth-order valence-electron chi connectivity index (χ4n) is 2.81. The Kier molecular flexibility index (Phi) is 5.58. The van der Waals surface area contributed by atoms with E-state index in [-0.39, 0.29) is 12.4 Å². The molecule has 22 heavy (non-hydrogen) atoms. The van der Waals surface area contributed by atoms with Gasteiger partial charge in [-0.3, -0.25) is 4.68 Å². The van der Waals surface area contributed by atoms with E-state index < -0.39 is 0 Å². The first kappa shape index (κ1) is 16.5. The van der Waals surface area contributed by atoms with E-state index in [0.717, 1.165) is 19.5 Å². The minimum absolute atomic E-state index is 0. The lowest BCUT2D eigenvalue weighted by Gasteiger charge is -2.10. The molecule has 0 aliphatic heterocycles. The van der Waals surface area contributed by atoms with Crippen LogP contribution in [0.5, 0.6) is 0 Å². The molecular formula is C18H22ClN3. The Morgan fingerprint density at radius 1 is 1.09 bits per heavy atom. The van der Waals surface area contributed by atoms with Crippen molar-refractivity contribution in [1.82, 2.24) is 15.1 Å². The molecule has 0 amide bonds. The van der Waals surface area contributed by atoms with Crippen molar-refractivity contribution < 1.29 is 0 Å². The molecule has 0 bridgehead atoms. The summed E-state index contributed by atoms with van der Waals surface area (Å²) >= 11 is 0. The van der Waals surface area contributed by atoms with Gasteiger partial charge in [0.05, 0.1) is 6.20 Å². The van der Waals surface area contributed by atoms with Crippen LogP contribution in [0.3, 0.4) is 0 Å². The van der Waals surface area contributed by atoms with Crippen LogP contribution in [-0.4, -0.2) is 16.8 Å². The highest BCUT2D eigenvalue weighted by Crippen LogP contribution is 2.30. The van der Waals surface area contributed by atoms with Crippen LogP contribution in [0.25, 0.3) is 21.9 Å². The summed E-state index contributed by atoms with van der Waals surface area (Å²) in [5.74, 6) is 0. The second-order valence-electron chi connectivity index (χ2n) is 5.34. The van der Waals surface area contributed by atoms with Gasteiger partial charge in [-0.2, -0.15) is 5.10 Å². The number of aryl methyl sites for hydroxylation is 1. The summed E-state index contributed by atoms with van der Waals surface area (Å²) in [5, 5.41) is 10.3. The fourth-order valence-corrected chi connectivity index (χ4v) is 2.81. The van der Waals surface area contributed by atoms with Gasteiger partial charge in [-0.05, 0) is 35.4 Å². The van der Waals surface area contributed by atoms with E-state index in [9.17, 15) is 0 Å². The molecule has 0 saturated carbocycles. The molecule has 3 rings (SSSR count). The summed E-state index contributed by atoms with van der Waals surface area (Å²) in [4.78, 5) is 0. The normalized spacial score (nSPS) is 10.6. The molecule has 1 aromatic heterocycles. The molecule has 3 nitrogen and oxygen atoms in total. The van der Waals surface area contributed by atoms with Gasteiger partial charge in [-0.15, -0.1) is 12.4 Å². The molecule has 3 aromatic rings. The van der Waals surface area contributed by atoms with E-state index in [4.69, 9.17) is 0 Å². The quantitative estimate of drug-likeness (QED) is 0.762. The Morgan fingerprint density at radius 3 is 2.59 bits per heavy atom. The summed E-state index contributed by atoms with van der Waals surface area (Å²) < 4.78 is 2.02. The smallest absolute Gasteiger partial charge is 0.0568 e. The molecule has 0 aliphatic carbocycles. The molecule has 0 spiro atoms. The lowest BCUT2D eigenvalue weighted by atomic mass is 9.96. The van der Waals surface area contributed by atoms with Crippen LogP contribution in [0.15, 0.2) is 48.8 Å². The van der Waals surface area contributed by atoms with Gasteiger partial charge in [-0.1, -0.05) is 43.3 Å². The van der Waals surface area contributed by atoms with Crippen LogP contribution in [0.2, 0.25) is 0 Å². The van der Waals surface area contributed by atoms with Crippen LogP contribution >= 0.6 is 12.4 Å². The monoisotopic (exact) mass is 315 g/mol. The molecule has 0 atom stereocenters. The van der Waals surface area contributed by atoms with Crippen molar-refractivity contribution >= 4 is 23.2 Å². The fraction of sp³-hybridized carbons (Fsp3) is 0.278. The standard InChI is InChI=1S/C18H21N3.ClH/c1-3-10-21-13-15(12-20-21)17-9-8-14(11-19-2)16-6-4-5-7-18(16)17;/h4-9,12-13,19H,3,10-11H2,1-2H3;1H. The van der Waals surface area contributed by atoms with Crippen LogP contribution in [-0.2, 0) is 13.1 Å². The molecule has 116 valence electrons. The summed E-state index contributed by atoms with van der Waals surface area (Å²) in [5.41, 5.74) is 3.78. The first-order valence-corrected chi connectivity index (χ1v) is 7.51. The Labute approximate surface area is 137 Å². The van der Waals surface area contributed by atoms with E-state index in [0.29, 0.717) is 0 Å². The highest BCUT2D eigenvalue weighted by molar-refractivity contribution is 5.98. The van der Waals surface area contributed by atoms with Gasteiger partial charge in [0.15, 0.2) is 0 Å². The van der Waals surface area contributed by atoms with Crippen molar-refractivity contribution in [1.29, 1.82) is 0 Å². The zero-order chi connectivity index (χ0) is 14.7. The van der Waals surface area contributed by atoms with Crippen LogP contribution in [0.4, 0.5) is 0 Å². The predicted molar refractivity (Wildman–Crippen MR) is 95.5 cm³/mol. The van der Waals surface area contributed by atoms with Gasteiger partial charge in [0.2, 0.25) is 0 Å². The van der Waals surface area contributed by atoms with E-state index in [1.165, 1.54) is 27.5 Å². The summed E-state index contributed by atoms with van der Waals surface area (Å²) in [6.07, 6.45) is 5.21. The first-order chi connectivity index (χ1) is 10.3. The maximum absolute atomic E-state index is 4.45. The summed E-state index contributed by atoms with van der Waals surface area (Å²) in [7, 11) is 1.98. The molecule has 0 aliphatic rings. The van der Waals surface area contributed by atoms with Crippen molar-refractivity contribution in [2.45, 2.75) is 26.4 Å². The van der Waals surface area contributed by atoms with E-state index >= 15 is 0 Å². The van der Waals surface area contributed by atoms with Crippen molar-refractivity contribution in [3.63, 3.8) is 0 Å². The second-order valence-corrected chi connectivity index (χ2v) is 5.34. The second kappa shape index (κ2) is 7.43. The third-order valence-corrected chi connectivity index (χ3v) is 3.78. The number of halogens is 1. The number of fused-ring (bicyclic) bond motifs is 1. The Morgan fingerprint density at radius 2 is 1.86 bits per heavy atom. The number of nitrogens with zero attached hydrogens (tertiary/aromatic N) is 2. The van der Waals surface area contributed by atoms with Crippen molar-refractivity contribution in [3.8, 4) is 11.1 Å². The van der Waals surface area contributed by atoms with Crippen LogP contribution in [0, 0.1) is 0 Å².